The van der Waals surface area contributed by atoms with Gasteiger partial charge in [0.25, 0.3) is 0 Å². The number of hydrogen-bond donors (Lipinski definition) is 1. The molecule has 1 aliphatic rings. The van der Waals surface area contributed by atoms with Crippen LogP contribution in [-0.2, 0) is 13.0 Å². The highest BCUT2D eigenvalue weighted by Crippen LogP contribution is 2.21. The minimum atomic E-state index is 0.635. The molecule has 0 unspecified atom stereocenters. The molecule has 0 saturated heterocycles. The first-order valence-corrected chi connectivity index (χ1v) is 5.35. The predicted molar refractivity (Wildman–Crippen MR) is 59.2 cm³/mol. The Bertz CT molecular complexity index is 296. The summed E-state index contributed by atoms with van der Waals surface area (Å²) in [6.45, 7) is 3.28. The van der Waals surface area contributed by atoms with E-state index < -0.39 is 0 Å². The summed E-state index contributed by atoms with van der Waals surface area (Å²) >= 11 is 2.41. The predicted octanol–water partition coefficient (Wildman–Crippen LogP) is 2.33. The van der Waals surface area contributed by atoms with Gasteiger partial charge in [-0.25, -0.2) is 0 Å². The summed E-state index contributed by atoms with van der Waals surface area (Å²) in [7, 11) is 0. The number of halogens is 1. The van der Waals surface area contributed by atoms with Gasteiger partial charge in [-0.05, 0) is 53.1 Å². The van der Waals surface area contributed by atoms with E-state index in [1.54, 1.807) is 0 Å². The van der Waals surface area contributed by atoms with Gasteiger partial charge in [0.1, 0.15) is 0 Å². The molecule has 1 aromatic rings. The van der Waals surface area contributed by atoms with Gasteiger partial charge in [0.15, 0.2) is 0 Å². The zero-order valence-electron chi connectivity index (χ0n) is 7.10. The van der Waals surface area contributed by atoms with Crippen molar-refractivity contribution >= 4 is 22.6 Å². The smallest absolute Gasteiger partial charge is 0.0221 e. The molecule has 0 fully saturated rings. The second-order valence-electron chi connectivity index (χ2n) is 3.36. The maximum atomic E-state index is 3.47. The van der Waals surface area contributed by atoms with Gasteiger partial charge in [-0.15, -0.1) is 0 Å². The lowest BCUT2D eigenvalue weighted by atomic mass is 9.97. The molecule has 1 N–H and O–H groups in total. The zero-order chi connectivity index (χ0) is 8.55. The first-order chi connectivity index (χ1) is 5.77. The molecule has 2 rings (SSSR count). The molecule has 1 heterocycles. The fraction of sp³-hybridized carbons (Fsp3) is 0.400. The second kappa shape index (κ2) is 3.34. The highest BCUT2D eigenvalue weighted by molar-refractivity contribution is 14.1. The molecule has 0 aliphatic carbocycles. The minimum Gasteiger partial charge on any atom is -0.310 e. The molecule has 1 aromatic carbocycles. The first kappa shape index (κ1) is 8.51. The van der Waals surface area contributed by atoms with Crippen molar-refractivity contribution in [3.63, 3.8) is 0 Å². The molecule has 2 heteroatoms. The van der Waals surface area contributed by atoms with Gasteiger partial charge in [-0.1, -0.05) is 12.1 Å². The first-order valence-electron chi connectivity index (χ1n) is 4.27. The van der Waals surface area contributed by atoms with E-state index in [0.29, 0.717) is 6.04 Å². The molecule has 1 aliphatic heterocycles. The second-order valence-corrected chi connectivity index (χ2v) is 4.53. The molecule has 1 atom stereocenters. The van der Waals surface area contributed by atoms with Crippen LogP contribution in [0.4, 0.5) is 0 Å². The number of rotatable bonds is 0. The molecule has 0 amide bonds. The Morgan fingerprint density at radius 2 is 2.33 bits per heavy atom. The van der Waals surface area contributed by atoms with E-state index in [2.05, 4.69) is 53.0 Å². The molecule has 0 bridgehead atoms. The van der Waals surface area contributed by atoms with Crippen molar-refractivity contribution in [3.05, 3.63) is 32.9 Å². The van der Waals surface area contributed by atoms with Crippen molar-refractivity contribution in [2.75, 3.05) is 0 Å². The van der Waals surface area contributed by atoms with Gasteiger partial charge in [0, 0.05) is 16.2 Å². The molecule has 12 heavy (non-hydrogen) atoms. The molecule has 0 radical (unpaired) electrons. The van der Waals surface area contributed by atoms with E-state index in [1.165, 1.54) is 21.1 Å². The van der Waals surface area contributed by atoms with Crippen LogP contribution >= 0.6 is 22.6 Å². The summed E-state index contributed by atoms with van der Waals surface area (Å²) in [4.78, 5) is 0. The van der Waals surface area contributed by atoms with Crippen molar-refractivity contribution in [3.8, 4) is 0 Å². The largest absolute Gasteiger partial charge is 0.310 e. The van der Waals surface area contributed by atoms with Gasteiger partial charge in [-0.3, -0.25) is 0 Å². The quantitative estimate of drug-likeness (QED) is 0.715. The average molecular weight is 273 g/mol. The molecule has 0 spiro atoms. The molecule has 0 aromatic heterocycles. The highest BCUT2D eigenvalue weighted by Gasteiger charge is 2.15. The van der Waals surface area contributed by atoms with Crippen LogP contribution < -0.4 is 5.32 Å². The zero-order valence-corrected chi connectivity index (χ0v) is 9.26. The standard InChI is InChI=1S/C10H12IN/c1-7-5-8-3-2-4-10(11)9(8)6-12-7/h2-4,7,12H,5-6H2,1H3/t7-/m1/s1. The summed E-state index contributed by atoms with van der Waals surface area (Å²) in [5.41, 5.74) is 3.02. The van der Waals surface area contributed by atoms with Crippen LogP contribution in [0.1, 0.15) is 18.1 Å². The SMILES string of the molecule is C[C@@H]1Cc2cccc(I)c2CN1. The van der Waals surface area contributed by atoms with Crippen molar-refractivity contribution in [2.24, 2.45) is 0 Å². The van der Waals surface area contributed by atoms with Crippen molar-refractivity contribution in [2.45, 2.75) is 25.9 Å². The maximum absolute atomic E-state index is 3.47. The highest BCUT2D eigenvalue weighted by atomic mass is 127. The minimum absolute atomic E-state index is 0.635. The summed E-state index contributed by atoms with van der Waals surface area (Å²) in [6, 6.07) is 7.21. The summed E-state index contributed by atoms with van der Waals surface area (Å²) in [5.74, 6) is 0. The lowest BCUT2D eigenvalue weighted by Crippen LogP contribution is -2.33. The summed E-state index contributed by atoms with van der Waals surface area (Å²) < 4.78 is 1.39. The van der Waals surface area contributed by atoms with Gasteiger partial charge in [0.2, 0.25) is 0 Å². The molecular weight excluding hydrogens is 261 g/mol. The van der Waals surface area contributed by atoms with Crippen LogP contribution in [0.25, 0.3) is 0 Å². The van der Waals surface area contributed by atoms with E-state index in [1.807, 2.05) is 0 Å². The van der Waals surface area contributed by atoms with Crippen LogP contribution in [-0.4, -0.2) is 6.04 Å². The van der Waals surface area contributed by atoms with Gasteiger partial charge >= 0.3 is 0 Å². The Labute approximate surface area is 86.7 Å². The van der Waals surface area contributed by atoms with Crippen molar-refractivity contribution in [1.29, 1.82) is 0 Å². The Hall–Kier alpha value is -0.0900. The average Bonchev–Trinajstić information content (AvgIpc) is 2.04. The van der Waals surface area contributed by atoms with Crippen LogP contribution in [0.15, 0.2) is 18.2 Å². The van der Waals surface area contributed by atoms with Crippen molar-refractivity contribution < 1.29 is 0 Å². The number of benzene rings is 1. The Kier molecular flexibility index (Phi) is 2.37. The Morgan fingerprint density at radius 1 is 1.50 bits per heavy atom. The maximum Gasteiger partial charge on any atom is 0.0221 e. The molecule has 1 nitrogen and oxygen atoms in total. The summed E-state index contributed by atoms with van der Waals surface area (Å²) in [5, 5.41) is 3.47. The van der Waals surface area contributed by atoms with Gasteiger partial charge < -0.3 is 5.32 Å². The number of hydrogen-bond acceptors (Lipinski definition) is 1. The lowest BCUT2D eigenvalue weighted by Gasteiger charge is -2.23. The van der Waals surface area contributed by atoms with Crippen LogP contribution in [0.2, 0.25) is 0 Å². The van der Waals surface area contributed by atoms with Gasteiger partial charge in [-0.2, -0.15) is 0 Å². The van der Waals surface area contributed by atoms with Crippen LogP contribution in [0, 0.1) is 3.57 Å². The molecule has 64 valence electrons. The normalized spacial score (nSPS) is 22.0. The van der Waals surface area contributed by atoms with Crippen LogP contribution in [0.3, 0.4) is 0 Å². The number of fused-ring (bicyclic) bond motifs is 1. The fourth-order valence-corrected chi connectivity index (χ4v) is 2.42. The lowest BCUT2D eigenvalue weighted by molar-refractivity contribution is 0.512. The van der Waals surface area contributed by atoms with E-state index in [0.717, 1.165) is 6.54 Å². The van der Waals surface area contributed by atoms with E-state index >= 15 is 0 Å². The third-order valence-corrected chi connectivity index (χ3v) is 3.38. The van der Waals surface area contributed by atoms with Crippen molar-refractivity contribution in [1.82, 2.24) is 5.32 Å². The Balaban J connectivity index is 2.42. The third-order valence-electron chi connectivity index (χ3n) is 2.37. The van der Waals surface area contributed by atoms with Gasteiger partial charge in [0.05, 0.1) is 0 Å². The van der Waals surface area contributed by atoms with E-state index in [9.17, 15) is 0 Å². The fourth-order valence-electron chi connectivity index (χ4n) is 1.67. The number of nitrogens with one attached hydrogen (secondary N) is 1. The van der Waals surface area contributed by atoms with Crippen LogP contribution in [0.5, 0.6) is 0 Å². The Morgan fingerprint density at radius 3 is 3.17 bits per heavy atom. The van der Waals surface area contributed by atoms with E-state index in [-0.39, 0.29) is 0 Å². The topological polar surface area (TPSA) is 12.0 Å². The van der Waals surface area contributed by atoms with E-state index in [4.69, 9.17) is 0 Å². The monoisotopic (exact) mass is 273 g/mol. The summed E-state index contributed by atoms with van der Waals surface area (Å²) in [6.07, 6.45) is 1.17. The molecular formula is C10H12IN. The molecule has 0 saturated carbocycles. The third kappa shape index (κ3) is 1.50.